The molecule has 0 heterocycles. The van der Waals surface area contributed by atoms with E-state index in [9.17, 15) is 13.2 Å². The highest BCUT2D eigenvalue weighted by atomic mass is 32.2. The van der Waals surface area contributed by atoms with Crippen molar-refractivity contribution in [2.45, 2.75) is 24.7 Å². The number of rotatable bonds is 5. The third kappa shape index (κ3) is 4.19. The van der Waals surface area contributed by atoms with Crippen LogP contribution in [0.25, 0.3) is 0 Å². The lowest BCUT2D eigenvalue weighted by molar-refractivity contribution is -0.120. The first-order chi connectivity index (χ1) is 7.95. The molecule has 0 radical (unpaired) electrons. The van der Waals surface area contributed by atoms with Crippen LogP contribution in [0.3, 0.4) is 0 Å². The van der Waals surface area contributed by atoms with Crippen molar-refractivity contribution < 1.29 is 13.2 Å². The summed E-state index contributed by atoms with van der Waals surface area (Å²) < 4.78 is 23.0. The minimum absolute atomic E-state index is 0.100. The maximum Gasteiger partial charge on any atom is 0.224 e. The van der Waals surface area contributed by atoms with Gasteiger partial charge in [-0.15, -0.1) is 0 Å². The van der Waals surface area contributed by atoms with Crippen molar-refractivity contribution in [1.29, 1.82) is 0 Å². The molecule has 0 aliphatic carbocycles. The van der Waals surface area contributed by atoms with Crippen LogP contribution in [0.2, 0.25) is 0 Å². The van der Waals surface area contributed by atoms with Crippen LogP contribution < -0.4 is 5.32 Å². The van der Waals surface area contributed by atoms with Gasteiger partial charge in [-0.2, -0.15) is 0 Å². The SMILES string of the molecule is CCCNC(=O)Cc1ccccc1S(C)(=O)=O. The van der Waals surface area contributed by atoms with E-state index in [0.29, 0.717) is 12.1 Å². The Balaban J connectivity index is 2.88. The quantitative estimate of drug-likeness (QED) is 0.858. The van der Waals surface area contributed by atoms with Gasteiger partial charge in [-0.25, -0.2) is 8.42 Å². The molecule has 1 rings (SSSR count). The van der Waals surface area contributed by atoms with Crippen LogP contribution in [0.1, 0.15) is 18.9 Å². The predicted octanol–water partition coefficient (Wildman–Crippen LogP) is 1.16. The zero-order valence-electron chi connectivity index (χ0n) is 10.1. The molecule has 0 aliphatic heterocycles. The van der Waals surface area contributed by atoms with Gasteiger partial charge in [0.1, 0.15) is 0 Å². The number of carbonyl (C=O) groups is 1. The van der Waals surface area contributed by atoms with Gasteiger partial charge >= 0.3 is 0 Å². The van der Waals surface area contributed by atoms with Gasteiger partial charge in [0, 0.05) is 12.8 Å². The van der Waals surface area contributed by atoms with Crippen LogP contribution in [0.5, 0.6) is 0 Å². The lowest BCUT2D eigenvalue weighted by atomic mass is 10.1. The van der Waals surface area contributed by atoms with Gasteiger partial charge in [0.05, 0.1) is 11.3 Å². The van der Waals surface area contributed by atoms with Gasteiger partial charge in [-0.3, -0.25) is 4.79 Å². The second-order valence-electron chi connectivity index (χ2n) is 3.91. The molecule has 1 aromatic rings. The molecule has 94 valence electrons. The van der Waals surface area contributed by atoms with E-state index in [1.54, 1.807) is 18.2 Å². The minimum Gasteiger partial charge on any atom is -0.356 e. The first-order valence-electron chi connectivity index (χ1n) is 5.49. The van der Waals surface area contributed by atoms with Gasteiger partial charge < -0.3 is 5.32 Å². The molecule has 0 spiro atoms. The van der Waals surface area contributed by atoms with E-state index in [-0.39, 0.29) is 17.2 Å². The molecule has 17 heavy (non-hydrogen) atoms. The van der Waals surface area contributed by atoms with E-state index in [0.717, 1.165) is 12.7 Å². The fraction of sp³-hybridized carbons (Fsp3) is 0.417. The van der Waals surface area contributed by atoms with Gasteiger partial charge in [0.2, 0.25) is 5.91 Å². The Morgan fingerprint density at radius 2 is 1.94 bits per heavy atom. The number of carbonyl (C=O) groups excluding carboxylic acids is 1. The molecular weight excluding hydrogens is 238 g/mol. The van der Waals surface area contributed by atoms with Crippen LogP contribution >= 0.6 is 0 Å². The van der Waals surface area contributed by atoms with Crippen molar-refractivity contribution in [1.82, 2.24) is 5.32 Å². The summed E-state index contributed by atoms with van der Waals surface area (Å²) in [6.07, 6.45) is 2.11. The molecule has 4 nitrogen and oxygen atoms in total. The number of hydrogen-bond acceptors (Lipinski definition) is 3. The molecule has 0 aromatic heterocycles. The van der Waals surface area contributed by atoms with Crippen molar-refractivity contribution >= 4 is 15.7 Å². The van der Waals surface area contributed by atoms with Crippen LogP contribution in [0, 0.1) is 0 Å². The molecule has 1 aromatic carbocycles. The molecule has 1 amide bonds. The summed E-state index contributed by atoms with van der Waals surface area (Å²) in [5, 5.41) is 2.73. The lowest BCUT2D eigenvalue weighted by Crippen LogP contribution is -2.26. The molecule has 0 aliphatic rings. The average Bonchev–Trinajstić information content (AvgIpc) is 2.25. The van der Waals surface area contributed by atoms with E-state index in [2.05, 4.69) is 5.32 Å². The minimum atomic E-state index is -3.28. The molecule has 5 heteroatoms. The molecule has 1 N–H and O–H groups in total. The fourth-order valence-corrected chi connectivity index (χ4v) is 2.45. The van der Waals surface area contributed by atoms with Crippen LogP contribution in [0.15, 0.2) is 29.2 Å². The summed E-state index contributed by atoms with van der Waals surface area (Å²) in [4.78, 5) is 11.8. The highest BCUT2D eigenvalue weighted by molar-refractivity contribution is 7.90. The molecule has 0 bridgehead atoms. The van der Waals surface area contributed by atoms with E-state index >= 15 is 0 Å². The van der Waals surface area contributed by atoms with Crippen LogP contribution in [0.4, 0.5) is 0 Å². The third-order valence-electron chi connectivity index (χ3n) is 2.30. The highest BCUT2D eigenvalue weighted by Gasteiger charge is 2.14. The normalized spacial score (nSPS) is 11.2. The summed E-state index contributed by atoms with van der Waals surface area (Å²) in [6, 6.07) is 6.58. The van der Waals surface area contributed by atoms with Crippen molar-refractivity contribution in [3.63, 3.8) is 0 Å². The Morgan fingerprint density at radius 3 is 2.53 bits per heavy atom. The fourth-order valence-electron chi connectivity index (χ4n) is 1.51. The number of nitrogens with one attached hydrogen (secondary N) is 1. The summed E-state index contributed by atoms with van der Waals surface area (Å²) in [6.45, 7) is 2.57. The number of sulfone groups is 1. The summed E-state index contributed by atoms with van der Waals surface area (Å²) in [5.41, 5.74) is 0.545. The smallest absolute Gasteiger partial charge is 0.224 e. The highest BCUT2D eigenvalue weighted by Crippen LogP contribution is 2.15. The Kier molecular flexibility index (Phi) is 4.69. The Hall–Kier alpha value is -1.36. The summed E-state index contributed by atoms with van der Waals surface area (Å²) in [7, 11) is -3.28. The molecule has 0 saturated heterocycles. The summed E-state index contributed by atoms with van der Waals surface area (Å²) in [5.74, 6) is -0.150. The average molecular weight is 255 g/mol. The summed E-state index contributed by atoms with van der Waals surface area (Å²) >= 11 is 0. The van der Waals surface area contributed by atoms with Crippen molar-refractivity contribution in [3.8, 4) is 0 Å². The monoisotopic (exact) mass is 255 g/mol. The van der Waals surface area contributed by atoms with Crippen molar-refractivity contribution in [3.05, 3.63) is 29.8 Å². The zero-order valence-corrected chi connectivity index (χ0v) is 10.9. The molecular formula is C12H17NO3S. The standard InChI is InChI=1S/C12H17NO3S/c1-3-8-13-12(14)9-10-6-4-5-7-11(10)17(2,15)16/h4-7H,3,8-9H2,1-2H3,(H,13,14). The third-order valence-corrected chi connectivity index (χ3v) is 3.49. The number of benzene rings is 1. The van der Waals surface area contributed by atoms with E-state index < -0.39 is 9.84 Å². The first-order valence-corrected chi connectivity index (χ1v) is 7.39. The predicted molar refractivity (Wildman–Crippen MR) is 66.6 cm³/mol. The molecule has 0 unspecified atom stereocenters. The maximum atomic E-state index is 11.5. The molecule has 0 fully saturated rings. The van der Waals surface area contributed by atoms with E-state index in [4.69, 9.17) is 0 Å². The van der Waals surface area contributed by atoms with Gasteiger partial charge in [-0.1, -0.05) is 25.1 Å². The second-order valence-corrected chi connectivity index (χ2v) is 5.89. The Morgan fingerprint density at radius 1 is 1.29 bits per heavy atom. The van der Waals surface area contributed by atoms with Crippen LogP contribution in [-0.4, -0.2) is 27.1 Å². The van der Waals surface area contributed by atoms with Gasteiger partial charge in [-0.05, 0) is 18.1 Å². The Bertz CT molecular complexity index is 494. The first kappa shape index (κ1) is 13.7. The lowest BCUT2D eigenvalue weighted by Gasteiger charge is -2.07. The van der Waals surface area contributed by atoms with E-state index in [1.165, 1.54) is 6.07 Å². The maximum absolute atomic E-state index is 11.5. The molecule has 0 saturated carbocycles. The second kappa shape index (κ2) is 5.82. The topological polar surface area (TPSA) is 63.2 Å². The van der Waals surface area contributed by atoms with Gasteiger partial charge in [0.25, 0.3) is 0 Å². The zero-order chi connectivity index (χ0) is 12.9. The number of amides is 1. The number of hydrogen-bond donors (Lipinski definition) is 1. The van der Waals surface area contributed by atoms with Crippen molar-refractivity contribution in [2.24, 2.45) is 0 Å². The van der Waals surface area contributed by atoms with Crippen LogP contribution in [-0.2, 0) is 21.1 Å². The molecule has 0 atom stereocenters. The van der Waals surface area contributed by atoms with Crippen molar-refractivity contribution in [2.75, 3.05) is 12.8 Å². The van der Waals surface area contributed by atoms with Gasteiger partial charge in [0.15, 0.2) is 9.84 Å². The Labute approximate surface area is 102 Å². The largest absolute Gasteiger partial charge is 0.356 e. The van der Waals surface area contributed by atoms with E-state index in [1.807, 2.05) is 6.92 Å².